The van der Waals surface area contributed by atoms with E-state index in [-0.39, 0.29) is 5.50 Å². The van der Waals surface area contributed by atoms with Gasteiger partial charge in [-0.3, -0.25) is 9.98 Å². The zero-order valence-electron chi connectivity index (χ0n) is 5.16. The van der Waals surface area contributed by atoms with Gasteiger partial charge in [-0.25, -0.2) is 0 Å². The van der Waals surface area contributed by atoms with E-state index < -0.39 is 0 Å². The lowest BCUT2D eigenvalue weighted by Gasteiger charge is -2.09. The second-order valence-corrected chi connectivity index (χ2v) is 2.50. The molecule has 0 aromatic heterocycles. The third-order valence-electron chi connectivity index (χ3n) is 1.47. The van der Waals surface area contributed by atoms with Crippen molar-refractivity contribution < 1.29 is 0 Å². The molecule has 0 aromatic rings. The van der Waals surface area contributed by atoms with Gasteiger partial charge in [-0.15, -0.1) is 0 Å². The fraction of sp³-hybridized carbons (Fsp3) is 0.143. The van der Waals surface area contributed by atoms with Gasteiger partial charge < -0.3 is 0 Å². The average molecular weight is 153 g/mol. The van der Waals surface area contributed by atoms with Gasteiger partial charge in [-0.2, -0.15) is 0 Å². The molecule has 0 saturated carbocycles. The van der Waals surface area contributed by atoms with Crippen LogP contribution in [0.25, 0.3) is 0 Å². The molecule has 0 aromatic carbocycles. The summed E-state index contributed by atoms with van der Waals surface area (Å²) >= 11 is 5.83. The predicted octanol–water partition coefficient (Wildman–Crippen LogP) is 1.53. The van der Waals surface area contributed by atoms with Crippen molar-refractivity contribution in [3.63, 3.8) is 0 Å². The number of fused-ring (bicyclic) bond motifs is 1. The van der Waals surface area contributed by atoms with Crippen LogP contribution in [0, 0.1) is 0 Å². The van der Waals surface area contributed by atoms with E-state index in [1.165, 1.54) is 0 Å². The van der Waals surface area contributed by atoms with E-state index >= 15 is 0 Å². The minimum absolute atomic E-state index is 0.234. The van der Waals surface area contributed by atoms with Gasteiger partial charge in [0.05, 0.1) is 5.70 Å². The molecule has 0 saturated heterocycles. The molecule has 0 spiro atoms. The standard InChI is InChI=1S/C7H5ClN2/c8-7-5-1-3-9-6(5)2-4-10-7/h1-4,7H/t7-/m0/s1. The van der Waals surface area contributed by atoms with E-state index in [4.69, 9.17) is 11.6 Å². The Morgan fingerprint density at radius 2 is 2.20 bits per heavy atom. The molecular weight excluding hydrogens is 148 g/mol. The maximum atomic E-state index is 5.83. The van der Waals surface area contributed by atoms with Crippen LogP contribution >= 0.6 is 11.6 Å². The monoisotopic (exact) mass is 152 g/mol. The molecule has 2 aliphatic rings. The third kappa shape index (κ3) is 0.727. The summed E-state index contributed by atoms with van der Waals surface area (Å²) in [7, 11) is 0. The lowest BCUT2D eigenvalue weighted by Crippen LogP contribution is -2.03. The Bertz CT molecular complexity index is 273. The number of halogens is 1. The van der Waals surface area contributed by atoms with Crippen LogP contribution in [-0.2, 0) is 0 Å². The molecule has 0 aliphatic carbocycles. The van der Waals surface area contributed by atoms with Gasteiger partial charge in [0.1, 0.15) is 0 Å². The zero-order valence-corrected chi connectivity index (χ0v) is 5.92. The second-order valence-electron chi connectivity index (χ2n) is 2.09. The van der Waals surface area contributed by atoms with E-state index in [1.807, 2.05) is 12.2 Å². The van der Waals surface area contributed by atoms with Gasteiger partial charge in [0.2, 0.25) is 0 Å². The van der Waals surface area contributed by atoms with E-state index in [9.17, 15) is 0 Å². The highest BCUT2D eigenvalue weighted by Gasteiger charge is 2.17. The minimum Gasteiger partial charge on any atom is -0.269 e. The summed E-state index contributed by atoms with van der Waals surface area (Å²) in [6.07, 6.45) is 7.17. The van der Waals surface area contributed by atoms with Crippen LogP contribution in [0.3, 0.4) is 0 Å². The summed E-state index contributed by atoms with van der Waals surface area (Å²) in [5, 5.41) is 0. The molecule has 2 heterocycles. The summed E-state index contributed by atoms with van der Waals surface area (Å²) in [5.41, 5.74) is 1.71. The van der Waals surface area contributed by atoms with Crippen LogP contribution in [0.5, 0.6) is 0 Å². The molecule has 1 atom stereocenters. The van der Waals surface area contributed by atoms with Gasteiger partial charge in [-0.1, -0.05) is 11.6 Å². The van der Waals surface area contributed by atoms with Crippen molar-refractivity contribution in [3.8, 4) is 0 Å². The van der Waals surface area contributed by atoms with Crippen molar-refractivity contribution in [1.82, 2.24) is 0 Å². The summed E-state index contributed by atoms with van der Waals surface area (Å²) in [6, 6.07) is 0. The molecule has 0 unspecified atom stereocenters. The first-order chi connectivity index (χ1) is 4.88. The topological polar surface area (TPSA) is 24.7 Å². The van der Waals surface area contributed by atoms with E-state index in [1.54, 1.807) is 12.4 Å². The third-order valence-corrected chi connectivity index (χ3v) is 1.82. The summed E-state index contributed by atoms with van der Waals surface area (Å²) in [6.45, 7) is 0. The highest BCUT2D eigenvalue weighted by molar-refractivity contribution is 6.24. The molecule has 2 nitrogen and oxygen atoms in total. The Balaban J connectivity index is 2.45. The molecule has 2 aliphatic heterocycles. The zero-order chi connectivity index (χ0) is 6.97. The molecule has 50 valence electrons. The summed E-state index contributed by atoms with van der Waals surface area (Å²) in [4.78, 5) is 8.06. The number of rotatable bonds is 0. The molecule has 0 bridgehead atoms. The molecule has 3 heteroatoms. The van der Waals surface area contributed by atoms with Crippen molar-refractivity contribution in [2.24, 2.45) is 9.98 Å². The van der Waals surface area contributed by atoms with Crippen LogP contribution in [0.15, 0.2) is 33.4 Å². The maximum Gasteiger partial charge on any atom is 0.150 e. The highest BCUT2D eigenvalue weighted by Crippen LogP contribution is 2.25. The van der Waals surface area contributed by atoms with Crippen LogP contribution in [0.1, 0.15) is 0 Å². The normalized spacial score (nSPS) is 27.9. The van der Waals surface area contributed by atoms with Crippen LogP contribution in [0.2, 0.25) is 0 Å². The van der Waals surface area contributed by atoms with E-state index in [0.29, 0.717) is 0 Å². The number of hydrogen-bond acceptors (Lipinski definition) is 2. The average Bonchev–Trinajstić information content (AvgIpc) is 2.36. The quantitative estimate of drug-likeness (QED) is 0.372. The number of dihydropyridines is 1. The minimum atomic E-state index is -0.234. The van der Waals surface area contributed by atoms with Gasteiger partial charge in [0.15, 0.2) is 5.50 Å². The SMILES string of the molecule is Cl[C@H]1N=CC=C2N=CC=C21. The van der Waals surface area contributed by atoms with Crippen LogP contribution in [-0.4, -0.2) is 17.9 Å². The summed E-state index contributed by atoms with van der Waals surface area (Å²) < 4.78 is 0. The number of nitrogens with zero attached hydrogens (tertiary/aromatic N) is 2. The lowest BCUT2D eigenvalue weighted by molar-refractivity contribution is 1.05. The number of alkyl halides is 1. The number of hydrogen-bond donors (Lipinski definition) is 0. The highest BCUT2D eigenvalue weighted by atomic mass is 35.5. The largest absolute Gasteiger partial charge is 0.269 e. The molecule has 0 radical (unpaired) electrons. The van der Waals surface area contributed by atoms with Crippen molar-refractivity contribution in [2.75, 3.05) is 0 Å². The molecule has 0 N–H and O–H groups in total. The van der Waals surface area contributed by atoms with Gasteiger partial charge in [0.25, 0.3) is 0 Å². The first kappa shape index (κ1) is 5.86. The molecule has 0 fully saturated rings. The van der Waals surface area contributed by atoms with Crippen molar-refractivity contribution >= 4 is 24.0 Å². The second kappa shape index (κ2) is 2.06. The molecule has 10 heavy (non-hydrogen) atoms. The number of aliphatic imine (C=N–C) groups is 2. The van der Waals surface area contributed by atoms with Gasteiger partial charge in [-0.05, 0) is 12.2 Å². The fourth-order valence-corrected chi connectivity index (χ4v) is 1.22. The van der Waals surface area contributed by atoms with Crippen LogP contribution < -0.4 is 0 Å². The smallest absolute Gasteiger partial charge is 0.150 e. The Labute approximate surface area is 63.6 Å². The Morgan fingerprint density at radius 3 is 3.00 bits per heavy atom. The Morgan fingerprint density at radius 1 is 1.30 bits per heavy atom. The number of allylic oxidation sites excluding steroid dienone is 2. The molecular formula is C7H5ClN2. The maximum absolute atomic E-state index is 5.83. The summed E-state index contributed by atoms with van der Waals surface area (Å²) in [5.74, 6) is 0. The molecule has 2 rings (SSSR count). The fourth-order valence-electron chi connectivity index (χ4n) is 0.968. The van der Waals surface area contributed by atoms with Crippen molar-refractivity contribution in [3.05, 3.63) is 23.4 Å². The Kier molecular flexibility index (Phi) is 1.21. The van der Waals surface area contributed by atoms with Gasteiger partial charge >= 0.3 is 0 Å². The first-order valence-electron chi connectivity index (χ1n) is 3.00. The molecule has 0 amide bonds. The van der Waals surface area contributed by atoms with E-state index in [0.717, 1.165) is 11.3 Å². The lowest BCUT2D eigenvalue weighted by atomic mass is 10.2. The van der Waals surface area contributed by atoms with Gasteiger partial charge in [0, 0.05) is 18.0 Å². The predicted molar refractivity (Wildman–Crippen MR) is 42.8 cm³/mol. The first-order valence-corrected chi connectivity index (χ1v) is 3.44. The van der Waals surface area contributed by atoms with Crippen molar-refractivity contribution in [1.29, 1.82) is 0 Å². The van der Waals surface area contributed by atoms with Crippen LogP contribution in [0.4, 0.5) is 0 Å². The van der Waals surface area contributed by atoms with Crippen molar-refractivity contribution in [2.45, 2.75) is 5.50 Å². The Hall–Kier alpha value is -0.890. The van der Waals surface area contributed by atoms with E-state index in [2.05, 4.69) is 9.98 Å².